The van der Waals surface area contributed by atoms with Gasteiger partial charge in [-0.3, -0.25) is 4.79 Å². The SMILES string of the molecule is CC(CO[Si](C)(C)C)(CO[Si](C)(C)C)NC(=O)C(F)(F)F. The first-order valence-electron chi connectivity index (χ1n) is 6.71. The summed E-state index contributed by atoms with van der Waals surface area (Å²) in [4.78, 5) is 11.2. The fourth-order valence-corrected chi connectivity index (χ4v) is 2.71. The van der Waals surface area contributed by atoms with E-state index < -0.39 is 34.3 Å². The molecule has 0 saturated heterocycles. The lowest BCUT2D eigenvalue weighted by molar-refractivity contribution is -0.176. The summed E-state index contributed by atoms with van der Waals surface area (Å²) in [6, 6.07) is 0. The van der Waals surface area contributed by atoms with Gasteiger partial charge in [-0.25, -0.2) is 0 Å². The molecule has 0 aromatic carbocycles. The molecule has 0 unspecified atom stereocenters. The monoisotopic (exact) mass is 345 g/mol. The van der Waals surface area contributed by atoms with Crippen molar-refractivity contribution in [2.24, 2.45) is 0 Å². The second kappa shape index (κ2) is 6.80. The Labute approximate surface area is 126 Å². The number of hydrogen-bond acceptors (Lipinski definition) is 3. The first-order valence-corrected chi connectivity index (χ1v) is 13.5. The van der Waals surface area contributed by atoms with Crippen molar-refractivity contribution >= 4 is 22.5 Å². The van der Waals surface area contributed by atoms with Crippen molar-refractivity contribution in [3.8, 4) is 0 Å². The van der Waals surface area contributed by atoms with Crippen molar-refractivity contribution in [3.63, 3.8) is 0 Å². The van der Waals surface area contributed by atoms with E-state index in [2.05, 4.69) is 0 Å². The second-order valence-corrected chi connectivity index (χ2v) is 16.3. The normalized spacial score (nSPS) is 14.2. The van der Waals surface area contributed by atoms with Gasteiger partial charge in [0, 0.05) is 0 Å². The number of amides is 1. The Bertz CT molecular complexity index is 344. The van der Waals surface area contributed by atoms with Crippen molar-refractivity contribution in [2.45, 2.75) is 57.9 Å². The highest BCUT2D eigenvalue weighted by Crippen LogP contribution is 2.19. The molecule has 0 aromatic heterocycles. The van der Waals surface area contributed by atoms with Gasteiger partial charge in [-0.2, -0.15) is 13.2 Å². The Morgan fingerprint density at radius 2 is 1.29 bits per heavy atom. The molecule has 1 amide bonds. The lowest BCUT2D eigenvalue weighted by Crippen LogP contribution is -2.58. The highest BCUT2D eigenvalue weighted by Gasteiger charge is 2.43. The molecule has 0 rings (SSSR count). The Morgan fingerprint density at radius 3 is 1.52 bits per heavy atom. The Kier molecular flexibility index (Phi) is 6.67. The van der Waals surface area contributed by atoms with E-state index in [9.17, 15) is 18.0 Å². The zero-order valence-corrected chi connectivity index (χ0v) is 15.8. The quantitative estimate of drug-likeness (QED) is 0.721. The maximum atomic E-state index is 12.5. The van der Waals surface area contributed by atoms with Gasteiger partial charge < -0.3 is 14.2 Å². The van der Waals surface area contributed by atoms with Crippen LogP contribution in [0.2, 0.25) is 39.3 Å². The third-order valence-corrected chi connectivity index (χ3v) is 4.34. The first kappa shape index (κ1) is 20.6. The summed E-state index contributed by atoms with van der Waals surface area (Å²) in [5, 5.41) is 2.01. The molecule has 21 heavy (non-hydrogen) atoms. The maximum absolute atomic E-state index is 12.5. The van der Waals surface area contributed by atoms with Crippen LogP contribution in [-0.2, 0) is 13.6 Å². The number of rotatable bonds is 7. The molecule has 0 aliphatic heterocycles. The minimum absolute atomic E-state index is 0.00494. The number of hydrogen-bond donors (Lipinski definition) is 1. The highest BCUT2D eigenvalue weighted by atomic mass is 28.4. The van der Waals surface area contributed by atoms with E-state index in [4.69, 9.17) is 8.85 Å². The predicted molar refractivity (Wildman–Crippen MR) is 81.2 cm³/mol. The average molecular weight is 346 g/mol. The van der Waals surface area contributed by atoms with E-state index in [1.54, 1.807) is 0 Å². The summed E-state index contributed by atoms with van der Waals surface area (Å²) < 4.78 is 48.7. The van der Waals surface area contributed by atoms with Crippen LogP contribution in [-0.4, -0.2) is 47.5 Å². The molecule has 4 nitrogen and oxygen atoms in total. The lowest BCUT2D eigenvalue weighted by Gasteiger charge is -2.35. The molecule has 0 aliphatic carbocycles. The van der Waals surface area contributed by atoms with Crippen molar-refractivity contribution < 1.29 is 26.8 Å². The molecule has 126 valence electrons. The van der Waals surface area contributed by atoms with Crippen LogP contribution in [0.25, 0.3) is 0 Å². The van der Waals surface area contributed by atoms with E-state index in [1.165, 1.54) is 6.92 Å². The van der Waals surface area contributed by atoms with Crippen LogP contribution in [0.5, 0.6) is 0 Å². The molecule has 0 bridgehead atoms. The molecule has 0 saturated carbocycles. The van der Waals surface area contributed by atoms with Crippen LogP contribution in [0, 0.1) is 0 Å². The van der Waals surface area contributed by atoms with E-state index in [0.29, 0.717) is 0 Å². The molecule has 0 heterocycles. The summed E-state index contributed by atoms with van der Waals surface area (Å²) in [5.41, 5.74) is -1.20. The van der Waals surface area contributed by atoms with Gasteiger partial charge in [0.05, 0.1) is 18.8 Å². The largest absolute Gasteiger partial charge is 0.471 e. The number of carbonyl (C=O) groups excluding carboxylic acids is 1. The molecular weight excluding hydrogens is 319 g/mol. The average Bonchev–Trinajstić information content (AvgIpc) is 2.21. The molecule has 1 N–H and O–H groups in total. The molecule has 0 atom stereocenters. The van der Waals surface area contributed by atoms with E-state index in [0.717, 1.165) is 0 Å². The van der Waals surface area contributed by atoms with Crippen LogP contribution >= 0.6 is 0 Å². The minimum atomic E-state index is -4.92. The summed E-state index contributed by atoms with van der Waals surface area (Å²) in [6.45, 7) is 13.1. The lowest BCUT2D eigenvalue weighted by atomic mass is 10.1. The van der Waals surface area contributed by atoms with E-state index >= 15 is 0 Å². The van der Waals surface area contributed by atoms with E-state index in [-0.39, 0.29) is 13.2 Å². The standard InChI is InChI=1S/C12H26F3NO3Si2/c1-11(8-18-20(2,3)4,9-19-21(5,6)7)16-10(17)12(13,14)15/h8-9H2,1-7H3,(H,16,17). The number of carbonyl (C=O) groups is 1. The molecule has 0 fully saturated rings. The van der Waals surface area contributed by atoms with E-state index in [1.807, 2.05) is 44.6 Å². The van der Waals surface area contributed by atoms with Crippen molar-refractivity contribution in [1.29, 1.82) is 0 Å². The topological polar surface area (TPSA) is 47.6 Å². The Morgan fingerprint density at radius 1 is 0.952 bits per heavy atom. The van der Waals surface area contributed by atoms with Crippen molar-refractivity contribution in [1.82, 2.24) is 5.32 Å². The predicted octanol–water partition coefficient (Wildman–Crippen LogP) is 3.13. The third-order valence-electron chi connectivity index (χ3n) is 2.32. The van der Waals surface area contributed by atoms with Gasteiger partial charge in [-0.15, -0.1) is 0 Å². The van der Waals surface area contributed by atoms with Gasteiger partial charge in [0.2, 0.25) is 0 Å². The van der Waals surface area contributed by atoms with Crippen LogP contribution in [0.4, 0.5) is 13.2 Å². The van der Waals surface area contributed by atoms with Gasteiger partial charge in [0.25, 0.3) is 0 Å². The number of nitrogens with one attached hydrogen (secondary N) is 1. The smallest absolute Gasteiger partial charge is 0.415 e. The van der Waals surface area contributed by atoms with Gasteiger partial charge >= 0.3 is 12.1 Å². The maximum Gasteiger partial charge on any atom is 0.471 e. The summed E-state index contributed by atoms with van der Waals surface area (Å²) in [5.74, 6) is -1.97. The third kappa shape index (κ3) is 10.0. The number of alkyl halides is 3. The fourth-order valence-electron chi connectivity index (χ4n) is 1.21. The van der Waals surface area contributed by atoms with Crippen molar-refractivity contribution in [3.05, 3.63) is 0 Å². The summed E-state index contributed by atoms with van der Waals surface area (Å²) in [6.07, 6.45) is -4.92. The van der Waals surface area contributed by atoms with Crippen LogP contribution in [0.3, 0.4) is 0 Å². The first-order chi connectivity index (χ1) is 9.04. The summed E-state index contributed by atoms with van der Waals surface area (Å²) >= 11 is 0. The molecular formula is C12H26F3NO3Si2. The van der Waals surface area contributed by atoms with Crippen LogP contribution in [0.15, 0.2) is 0 Å². The van der Waals surface area contributed by atoms with Gasteiger partial charge in [-0.1, -0.05) is 0 Å². The molecule has 0 aromatic rings. The molecule has 9 heteroatoms. The summed E-state index contributed by atoms with van der Waals surface area (Å²) in [7, 11) is -3.83. The molecule has 0 spiro atoms. The zero-order chi connectivity index (χ0) is 17.1. The Hall–Kier alpha value is -0.386. The highest BCUT2D eigenvalue weighted by molar-refractivity contribution is 6.70. The minimum Gasteiger partial charge on any atom is -0.415 e. The van der Waals surface area contributed by atoms with Crippen LogP contribution < -0.4 is 5.32 Å². The van der Waals surface area contributed by atoms with Crippen LogP contribution in [0.1, 0.15) is 6.92 Å². The van der Waals surface area contributed by atoms with Gasteiger partial charge in [0.15, 0.2) is 16.6 Å². The number of halogens is 3. The fraction of sp³-hybridized carbons (Fsp3) is 0.917. The second-order valence-electron chi connectivity index (χ2n) is 7.31. The molecule has 0 aliphatic rings. The molecule has 0 radical (unpaired) electrons. The Balaban J connectivity index is 4.94. The van der Waals surface area contributed by atoms with Gasteiger partial charge in [-0.05, 0) is 46.2 Å². The zero-order valence-electron chi connectivity index (χ0n) is 13.8. The van der Waals surface area contributed by atoms with Crippen molar-refractivity contribution in [2.75, 3.05) is 13.2 Å². The van der Waals surface area contributed by atoms with Gasteiger partial charge in [0.1, 0.15) is 0 Å².